The van der Waals surface area contributed by atoms with Gasteiger partial charge in [0.05, 0.1) is 19.2 Å². The molecular formula is C27H27N3O5S. The zero-order chi connectivity index (χ0) is 25.1. The maximum absolute atomic E-state index is 12.9. The fraction of sp³-hybridized carbons (Fsp3) is 0.296. The van der Waals surface area contributed by atoms with Crippen molar-refractivity contribution >= 4 is 34.1 Å². The van der Waals surface area contributed by atoms with E-state index in [4.69, 9.17) is 13.9 Å². The molecule has 9 heteroatoms. The molecule has 8 nitrogen and oxygen atoms in total. The maximum Gasteiger partial charge on any atom is 0.289 e. The minimum atomic E-state index is -0.218. The highest BCUT2D eigenvalue weighted by molar-refractivity contribution is 7.09. The van der Waals surface area contributed by atoms with Crippen LogP contribution in [0.3, 0.4) is 0 Å². The number of thiazole rings is 1. The summed E-state index contributed by atoms with van der Waals surface area (Å²) in [5.74, 6) is 1.55. The van der Waals surface area contributed by atoms with Crippen molar-refractivity contribution < 1.29 is 23.5 Å². The van der Waals surface area contributed by atoms with Gasteiger partial charge in [0, 0.05) is 36.3 Å². The highest BCUT2D eigenvalue weighted by Crippen LogP contribution is 2.32. The first-order valence-electron chi connectivity index (χ1n) is 11.8. The molecule has 0 spiro atoms. The van der Waals surface area contributed by atoms with Crippen molar-refractivity contribution in [3.05, 3.63) is 75.9 Å². The van der Waals surface area contributed by atoms with Crippen LogP contribution in [0.25, 0.3) is 11.0 Å². The summed E-state index contributed by atoms with van der Waals surface area (Å²) in [5, 5.41) is 6.57. The molecule has 3 heterocycles. The zero-order valence-electron chi connectivity index (χ0n) is 20.2. The molecule has 1 N–H and O–H groups in total. The Hall–Kier alpha value is -3.85. The van der Waals surface area contributed by atoms with Crippen LogP contribution in [0.4, 0.5) is 0 Å². The Balaban J connectivity index is 1.15. The van der Waals surface area contributed by atoms with Gasteiger partial charge in [0.15, 0.2) is 17.3 Å². The van der Waals surface area contributed by atoms with Gasteiger partial charge in [-0.25, -0.2) is 4.98 Å². The quantitative estimate of drug-likeness (QED) is 0.386. The Labute approximate surface area is 212 Å². The highest BCUT2D eigenvalue weighted by atomic mass is 32.1. The molecule has 1 aliphatic rings. The third-order valence-electron chi connectivity index (χ3n) is 6.42. The summed E-state index contributed by atoms with van der Waals surface area (Å²) in [6.07, 6.45) is 1.60. The molecular weight excluding hydrogens is 478 g/mol. The lowest BCUT2D eigenvalue weighted by molar-refractivity contribution is 0.0683. The van der Waals surface area contributed by atoms with E-state index >= 15 is 0 Å². The van der Waals surface area contributed by atoms with Gasteiger partial charge in [-0.05, 0) is 42.7 Å². The summed E-state index contributed by atoms with van der Waals surface area (Å²) in [7, 11) is 3.16. The van der Waals surface area contributed by atoms with Crippen LogP contribution < -0.4 is 14.8 Å². The Bertz CT molecular complexity index is 1350. The molecule has 186 valence electrons. The average Bonchev–Trinajstić information content (AvgIpc) is 3.59. The van der Waals surface area contributed by atoms with E-state index < -0.39 is 0 Å². The van der Waals surface area contributed by atoms with Crippen molar-refractivity contribution in [2.45, 2.75) is 25.3 Å². The van der Waals surface area contributed by atoms with Crippen LogP contribution in [-0.4, -0.2) is 49.0 Å². The third-order valence-corrected chi connectivity index (χ3v) is 7.43. The number of ether oxygens (including phenoxy) is 2. The smallest absolute Gasteiger partial charge is 0.289 e. The number of aromatic nitrogens is 1. The fourth-order valence-corrected chi connectivity index (χ4v) is 5.39. The van der Waals surface area contributed by atoms with Crippen molar-refractivity contribution in [3.8, 4) is 11.5 Å². The van der Waals surface area contributed by atoms with E-state index in [9.17, 15) is 9.59 Å². The van der Waals surface area contributed by atoms with Crippen LogP contribution in [-0.2, 0) is 6.54 Å². The van der Waals surface area contributed by atoms with Gasteiger partial charge < -0.3 is 24.1 Å². The number of benzene rings is 2. The molecule has 1 fully saturated rings. The van der Waals surface area contributed by atoms with Crippen LogP contribution in [0.2, 0.25) is 0 Å². The Morgan fingerprint density at radius 2 is 1.86 bits per heavy atom. The van der Waals surface area contributed by atoms with Gasteiger partial charge in [0.2, 0.25) is 0 Å². The second-order valence-corrected chi connectivity index (χ2v) is 9.55. The summed E-state index contributed by atoms with van der Waals surface area (Å²) in [6, 6.07) is 15.0. The van der Waals surface area contributed by atoms with Crippen LogP contribution in [0, 0.1) is 0 Å². The molecule has 1 aliphatic heterocycles. The number of furan rings is 1. The molecule has 4 aromatic rings. The van der Waals surface area contributed by atoms with Crippen LogP contribution in [0.1, 0.15) is 50.4 Å². The average molecular weight is 506 g/mol. The van der Waals surface area contributed by atoms with Gasteiger partial charge in [-0.15, -0.1) is 11.3 Å². The number of nitrogens with zero attached hydrogens (tertiary/aromatic N) is 2. The van der Waals surface area contributed by atoms with Crippen molar-refractivity contribution in [1.82, 2.24) is 15.2 Å². The van der Waals surface area contributed by atoms with E-state index in [-0.39, 0.29) is 17.7 Å². The molecule has 5 rings (SSSR count). The Morgan fingerprint density at radius 1 is 1.08 bits per heavy atom. The van der Waals surface area contributed by atoms with Gasteiger partial charge >= 0.3 is 0 Å². The fourth-order valence-electron chi connectivity index (χ4n) is 4.42. The number of carbonyl (C=O) groups is 2. The maximum atomic E-state index is 12.9. The molecule has 2 amide bonds. The van der Waals surface area contributed by atoms with Crippen molar-refractivity contribution in [2.24, 2.45) is 0 Å². The van der Waals surface area contributed by atoms with E-state index in [1.807, 2.05) is 47.4 Å². The molecule has 0 radical (unpaired) electrons. The standard InChI is InChI=1S/C27H27N3O5S/c1-33-22-8-7-17(13-23(22)34-2)15-28-25(31)20-16-36-26(29-20)18-9-11-30(12-10-18)27(32)24-14-19-5-3-4-6-21(19)35-24/h3-8,13-14,16,18H,9-12,15H2,1-2H3,(H,28,31). The normalized spacial score (nSPS) is 14.1. The van der Waals surface area contributed by atoms with Crippen molar-refractivity contribution in [2.75, 3.05) is 27.3 Å². The first kappa shape index (κ1) is 23.9. The number of hydrogen-bond donors (Lipinski definition) is 1. The molecule has 0 unspecified atom stereocenters. The predicted octanol–water partition coefficient (Wildman–Crippen LogP) is 4.86. The van der Waals surface area contributed by atoms with Gasteiger partial charge in [0.25, 0.3) is 11.8 Å². The van der Waals surface area contributed by atoms with Crippen LogP contribution in [0.15, 0.2) is 58.3 Å². The van der Waals surface area contributed by atoms with Gasteiger partial charge in [-0.1, -0.05) is 24.3 Å². The lowest BCUT2D eigenvalue weighted by Gasteiger charge is -2.30. The number of para-hydroxylation sites is 1. The largest absolute Gasteiger partial charge is 0.493 e. The number of piperidine rings is 1. The molecule has 1 saturated heterocycles. The number of fused-ring (bicyclic) bond motifs is 1. The topological polar surface area (TPSA) is 93.9 Å². The first-order chi connectivity index (χ1) is 17.6. The molecule has 0 saturated carbocycles. The number of methoxy groups -OCH3 is 2. The number of rotatable bonds is 7. The number of carbonyl (C=O) groups excluding carboxylic acids is 2. The summed E-state index contributed by atoms with van der Waals surface area (Å²) in [5.41, 5.74) is 2.03. The van der Waals surface area contributed by atoms with E-state index in [1.54, 1.807) is 25.7 Å². The minimum absolute atomic E-state index is 0.0842. The van der Waals surface area contributed by atoms with E-state index in [1.165, 1.54) is 11.3 Å². The second kappa shape index (κ2) is 10.4. The third kappa shape index (κ3) is 4.92. The number of amides is 2. The van der Waals surface area contributed by atoms with Crippen LogP contribution in [0.5, 0.6) is 11.5 Å². The molecule has 0 bridgehead atoms. The monoisotopic (exact) mass is 505 g/mol. The SMILES string of the molecule is COc1ccc(CNC(=O)c2csc(C3CCN(C(=O)c4cc5ccccc5o4)CC3)n2)cc1OC. The minimum Gasteiger partial charge on any atom is -0.493 e. The van der Waals surface area contributed by atoms with Gasteiger partial charge in [0.1, 0.15) is 11.3 Å². The lowest BCUT2D eigenvalue weighted by atomic mass is 9.97. The summed E-state index contributed by atoms with van der Waals surface area (Å²) < 4.78 is 16.3. The summed E-state index contributed by atoms with van der Waals surface area (Å²) in [6.45, 7) is 1.61. The van der Waals surface area contributed by atoms with Gasteiger partial charge in [-0.2, -0.15) is 0 Å². The lowest BCUT2D eigenvalue weighted by Crippen LogP contribution is -2.37. The van der Waals surface area contributed by atoms with Crippen molar-refractivity contribution in [3.63, 3.8) is 0 Å². The van der Waals surface area contributed by atoms with E-state index in [0.717, 1.165) is 34.4 Å². The Kier molecular flexibility index (Phi) is 6.90. The van der Waals surface area contributed by atoms with E-state index in [0.29, 0.717) is 42.6 Å². The van der Waals surface area contributed by atoms with Crippen LogP contribution >= 0.6 is 11.3 Å². The highest BCUT2D eigenvalue weighted by Gasteiger charge is 2.28. The molecule has 2 aromatic carbocycles. The second-order valence-electron chi connectivity index (χ2n) is 8.66. The van der Waals surface area contributed by atoms with Gasteiger partial charge in [-0.3, -0.25) is 9.59 Å². The van der Waals surface area contributed by atoms with E-state index in [2.05, 4.69) is 10.3 Å². The number of nitrogens with one attached hydrogen (secondary N) is 1. The molecule has 36 heavy (non-hydrogen) atoms. The summed E-state index contributed by atoms with van der Waals surface area (Å²) >= 11 is 1.50. The number of hydrogen-bond acceptors (Lipinski definition) is 7. The molecule has 0 aliphatic carbocycles. The number of likely N-dealkylation sites (tertiary alicyclic amines) is 1. The Morgan fingerprint density at radius 3 is 2.61 bits per heavy atom. The first-order valence-corrected chi connectivity index (χ1v) is 12.7. The molecule has 2 aromatic heterocycles. The zero-order valence-corrected chi connectivity index (χ0v) is 21.0. The summed E-state index contributed by atoms with van der Waals surface area (Å²) in [4.78, 5) is 32.0. The molecule has 0 atom stereocenters. The predicted molar refractivity (Wildman–Crippen MR) is 137 cm³/mol. The van der Waals surface area contributed by atoms with Crippen molar-refractivity contribution in [1.29, 1.82) is 0 Å².